The van der Waals surface area contributed by atoms with Gasteiger partial charge in [-0.1, -0.05) is 36.4 Å². The third-order valence-electron chi connectivity index (χ3n) is 6.29. The van der Waals surface area contributed by atoms with E-state index in [2.05, 4.69) is 5.32 Å². The van der Waals surface area contributed by atoms with Crippen LogP contribution >= 0.6 is 0 Å². The minimum absolute atomic E-state index is 0.0434. The number of benzene rings is 2. The Hall–Kier alpha value is -3.11. The van der Waals surface area contributed by atoms with Gasteiger partial charge in [0, 0.05) is 11.9 Å². The zero-order valence-corrected chi connectivity index (χ0v) is 22.4. The van der Waals surface area contributed by atoms with Gasteiger partial charge in [0.1, 0.15) is 18.2 Å². The Morgan fingerprint density at radius 2 is 1.65 bits per heavy atom. The fourth-order valence-corrected chi connectivity index (χ4v) is 3.70. The number of rotatable bonds is 8. The summed E-state index contributed by atoms with van der Waals surface area (Å²) in [4.78, 5) is 24.1. The van der Waals surface area contributed by atoms with E-state index in [4.69, 9.17) is 18.8 Å². The molecule has 1 aliphatic heterocycles. The number of nitrogens with one attached hydrogen (secondary N) is 1. The molecule has 200 valence electrons. The smallest absolute Gasteiger partial charge is 0.486 e. The lowest BCUT2D eigenvalue weighted by Crippen LogP contribution is -2.45. The predicted molar refractivity (Wildman–Crippen MR) is 137 cm³/mol. The van der Waals surface area contributed by atoms with Crippen molar-refractivity contribution in [1.82, 2.24) is 5.32 Å². The molecule has 1 aliphatic rings. The van der Waals surface area contributed by atoms with Crippen LogP contribution in [0.2, 0.25) is 0 Å². The molecule has 1 saturated heterocycles. The molecule has 1 heterocycles. The summed E-state index contributed by atoms with van der Waals surface area (Å²) in [6, 6.07) is 10.8. The second-order valence-corrected chi connectivity index (χ2v) is 11.1. The van der Waals surface area contributed by atoms with Crippen LogP contribution < -0.4 is 15.5 Å². The van der Waals surface area contributed by atoms with Gasteiger partial charge < -0.3 is 29.2 Å². The van der Waals surface area contributed by atoms with E-state index < -0.39 is 47.8 Å². The topological polar surface area (TPSA) is 103 Å². The molecule has 1 unspecified atom stereocenters. The van der Waals surface area contributed by atoms with Crippen molar-refractivity contribution in [3.8, 4) is 5.75 Å². The summed E-state index contributed by atoms with van der Waals surface area (Å²) in [5.74, 6) is -2.02. The maximum Gasteiger partial charge on any atom is 0.498 e. The van der Waals surface area contributed by atoms with Crippen LogP contribution in [-0.2, 0) is 31.9 Å². The third-order valence-corrected chi connectivity index (χ3v) is 6.29. The molecule has 2 N–H and O–H groups in total. The molecule has 37 heavy (non-hydrogen) atoms. The van der Waals surface area contributed by atoms with Crippen molar-refractivity contribution < 1.29 is 37.9 Å². The van der Waals surface area contributed by atoms with E-state index in [-0.39, 0.29) is 18.8 Å². The average Bonchev–Trinajstić information content (AvgIpc) is 2.98. The first-order valence-corrected chi connectivity index (χ1v) is 12.1. The van der Waals surface area contributed by atoms with Gasteiger partial charge in [-0.3, -0.25) is 0 Å². The minimum Gasteiger partial charge on any atom is -0.486 e. The Kier molecular flexibility index (Phi) is 8.24. The van der Waals surface area contributed by atoms with Crippen molar-refractivity contribution in [2.45, 2.75) is 84.3 Å². The molecular formula is C27H35BFNO7. The Morgan fingerprint density at radius 1 is 1.05 bits per heavy atom. The first-order chi connectivity index (χ1) is 17.1. The highest BCUT2D eigenvalue weighted by Crippen LogP contribution is 2.37. The summed E-state index contributed by atoms with van der Waals surface area (Å²) in [5, 5.41) is 12.0. The zero-order chi connectivity index (χ0) is 27.6. The molecule has 1 fully saturated rings. The van der Waals surface area contributed by atoms with E-state index >= 15 is 4.39 Å². The van der Waals surface area contributed by atoms with Crippen LogP contribution in [0.5, 0.6) is 5.75 Å². The number of hydrogen-bond donors (Lipinski definition) is 2. The van der Waals surface area contributed by atoms with Gasteiger partial charge in [-0.25, -0.2) is 14.0 Å². The van der Waals surface area contributed by atoms with Crippen molar-refractivity contribution in [3.05, 3.63) is 59.4 Å². The monoisotopic (exact) mass is 515 g/mol. The van der Waals surface area contributed by atoms with Gasteiger partial charge in [-0.05, 0) is 65.7 Å². The van der Waals surface area contributed by atoms with E-state index in [1.54, 1.807) is 26.8 Å². The van der Waals surface area contributed by atoms with Gasteiger partial charge in [-0.2, -0.15) is 0 Å². The van der Waals surface area contributed by atoms with Crippen molar-refractivity contribution in [2.75, 3.05) is 0 Å². The summed E-state index contributed by atoms with van der Waals surface area (Å²) in [6.45, 7) is 12.6. The molecule has 0 aliphatic carbocycles. The van der Waals surface area contributed by atoms with Gasteiger partial charge >= 0.3 is 19.2 Å². The Bertz CT molecular complexity index is 1120. The van der Waals surface area contributed by atoms with Crippen molar-refractivity contribution >= 4 is 24.6 Å². The highest BCUT2D eigenvalue weighted by molar-refractivity contribution is 6.63. The normalized spacial score (nSPS) is 17.2. The second kappa shape index (κ2) is 10.7. The minimum atomic E-state index is -1.35. The summed E-state index contributed by atoms with van der Waals surface area (Å²) in [7, 11) is -0.952. The number of aliphatic carboxylic acids is 1. The second-order valence-electron chi connectivity index (χ2n) is 11.1. The van der Waals surface area contributed by atoms with Crippen molar-refractivity contribution in [3.63, 3.8) is 0 Å². The van der Waals surface area contributed by atoms with Crippen LogP contribution in [0.25, 0.3) is 0 Å². The number of ether oxygens (including phenoxy) is 2. The summed E-state index contributed by atoms with van der Waals surface area (Å²) in [6.07, 6.45) is -1.08. The molecule has 2 aromatic rings. The molecule has 8 nitrogen and oxygen atoms in total. The Balaban J connectivity index is 1.93. The molecule has 1 amide bonds. The third kappa shape index (κ3) is 7.23. The van der Waals surface area contributed by atoms with Crippen LogP contribution in [-0.4, -0.2) is 47.1 Å². The highest BCUT2D eigenvalue weighted by Gasteiger charge is 2.53. The number of halogens is 1. The molecule has 3 rings (SSSR count). The number of hydrogen-bond acceptors (Lipinski definition) is 6. The SMILES string of the molecule is CC(C)(C)OC(=O)NC(Cc1cc(F)c(OCc2ccccc2)c(B2OC(C)(C)C(C)(C)O2)c1)C(=O)O. The molecular weight excluding hydrogens is 480 g/mol. The molecule has 1 atom stereocenters. The lowest BCUT2D eigenvalue weighted by Gasteiger charge is -2.32. The van der Waals surface area contributed by atoms with Gasteiger partial charge in [0.2, 0.25) is 0 Å². The standard InChI is InChI=1S/C27H35BFNO7/c1-25(2,3)35-24(33)30-21(23(31)32)15-18-13-19(28-36-26(4,5)27(6,7)37-28)22(20(29)14-18)34-16-17-11-9-8-10-12-17/h8-14,21H,15-16H2,1-7H3,(H,30,33)(H,31,32). The van der Waals surface area contributed by atoms with Gasteiger partial charge in [0.15, 0.2) is 11.6 Å². The van der Waals surface area contributed by atoms with E-state index in [1.807, 2.05) is 58.0 Å². The van der Waals surface area contributed by atoms with Gasteiger partial charge in [0.25, 0.3) is 0 Å². The van der Waals surface area contributed by atoms with Crippen LogP contribution in [0.3, 0.4) is 0 Å². The molecule has 0 bridgehead atoms. The summed E-state index contributed by atoms with van der Waals surface area (Å²) >= 11 is 0. The first-order valence-electron chi connectivity index (χ1n) is 12.1. The number of amides is 1. The first kappa shape index (κ1) is 28.5. The largest absolute Gasteiger partial charge is 0.498 e. The lowest BCUT2D eigenvalue weighted by molar-refractivity contribution is -0.139. The number of carbonyl (C=O) groups excluding carboxylic acids is 1. The molecule has 0 spiro atoms. The fourth-order valence-electron chi connectivity index (χ4n) is 3.70. The zero-order valence-electron chi connectivity index (χ0n) is 22.4. The lowest BCUT2D eigenvalue weighted by atomic mass is 9.77. The number of carbonyl (C=O) groups is 2. The van der Waals surface area contributed by atoms with Crippen LogP contribution in [0.1, 0.15) is 59.6 Å². The summed E-state index contributed by atoms with van der Waals surface area (Å²) < 4.78 is 38.9. The van der Waals surface area contributed by atoms with Gasteiger partial charge in [0.05, 0.1) is 11.2 Å². The number of carboxylic acids is 1. The van der Waals surface area contributed by atoms with Gasteiger partial charge in [-0.15, -0.1) is 0 Å². The fraction of sp³-hybridized carbons (Fsp3) is 0.481. The predicted octanol–water partition coefficient (Wildman–Crippen LogP) is 4.22. The molecule has 0 aromatic heterocycles. The number of carboxylic acid groups (broad SMARTS) is 1. The van der Waals surface area contributed by atoms with E-state index in [0.717, 1.165) is 5.56 Å². The van der Waals surface area contributed by atoms with Crippen molar-refractivity contribution in [1.29, 1.82) is 0 Å². The van der Waals surface area contributed by atoms with E-state index in [9.17, 15) is 14.7 Å². The highest BCUT2D eigenvalue weighted by atomic mass is 19.1. The summed E-state index contributed by atoms with van der Waals surface area (Å²) in [5.41, 5.74) is -0.728. The average molecular weight is 515 g/mol. The maximum absolute atomic E-state index is 15.5. The molecule has 10 heteroatoms. The number of alkyl carbamates (subject to hydrolysis) is 1. The quantitative estimate of drug-likeness (QED) is 0.508. The molecule has 0 saturated carbocycles. The molecule has 2 aromatic carbocycles. The van der Waals surface area contributed by atoms with E-state index in [1.165, 1.54) is 6.07 Å². The van der Waals surface area contributed by atoms with Crippen LogP contribution in [0.4, 0.5) is 9.18 Å². The van der Waals surface area contributed by atoms with E-state index in [0.29, 0.717) is 11.0 Å². The Morgan fingerprint density at radius 3 is 2.19 bits per heavy atom. The van der Waals surface area contributed by atoms with Crippen LogP contribution in [0, 0.1) is 5.82 Å². The molecule has 0 radical (unpaired) electrons. The van der Waals surface area contributed by atoms with Crippen LogP contribution in [0.15, 0.2) is 42.5 Å². The van der Waals surface area contributed by atoms with Crippen molar-refractivity contribution in [2.24, 2.45) is 0 Å². The maximum atomic E-state index is 15.5. The Labute approximate surface area is 217 Å².